The van der Waals surface area contributed by atoms with Crippen LogP contribution in [0.4, 0.5) is 4.79 Å². The summed E-state index contributed by atoms with van der Waals surface area (Å²) in [6, 6.07) is -0.0463. The number of rotatable bonds is 0. The van der Waals surface area contributed by atoms with Crippen LogP contribution in [0.2, 0.25) is 0 Å². The van der Waals surface area contributed by atoms with Crippen molar-refractivity contribution in [3.63, 3.8) is 0 Å². The largest absolute Gasteiger partial charge is 0.336 e. The van der Waals surface area contributed by atoms with Crippen molar-refractivity contribution in [1.29, 1.82) is 0 Å². The Morgan fingerprint density at radius 1 is 1.29 bits per heavy atom. The fraction of sp³-hybridized carbons (Fsp3) is 0.667. The molecule has 0 atom stereocenters. The average molecular weight is 109 g/mol. The van der Waals surface area contributed by atoms with Crippen molar-refractivity contribution in [2.24, 2.45) is 0 Å². The number of carbonyl (C=O) groups excluding carboxylic acids is 1. The minimum atomic E-state index is -0.0463. The second kappa shape index (κ2) is 3.29. The van der Waals surface area contributed by atoms with E-state index in [0.29, 0.717) is 0 Å². The Morgan fingerprint density at radius 2 is 1.71 bits per heavy atom. The molecule has 0 aromatic heterocycles. The Morgan fingerprint density at radius 3 is 1.86 bits per heavy atom. The number of hydrogen-bond donors (Lipinski definition) is 2. The molecule has 1 fully saturated rings. The second-order valence-corrected chi connectivity index (χ2v) is 1.18. The van der Waals surface area contributed by atoms with E-state index in [9.17, 15) is 4.79 Å². The van der Waals surface area contributed by atoms with E-state index < -0.39 is 0 Å². The molecule has 1 saturated heterocycles. The molecular weight excluding hydrogens is 103 g/mol. The van der Waals surface area contributed by atoms with Gasteiger partial charge in [-0.25, -0.2) is 4.79 Å². The minimum absolute atomic E-state index is 0. The maximum Gasteiger partial charge on any atom is 0.314 e. The molecule has 0 unspecified atom stereocenters. The van der Waals surface area contributed by atoms with E-state index in [1.54, 1.807) is 0 Å². The number of carbonyl (C=O) groups is 1. The van der Waals surface area contributed by atoms with Crippen molar-refractivity contribution in [3.8, 4) is 0 Å². The van der Waals surface area contributed by atoms with Crippen LogP contribution >= 0.6 is 0 Å². The molecule has 2 N–H and O–H groups in total. The molecule has 35 valence electrons. The maximum absolute atomic E-state index is 10.0. The molecule has 1 aliphatic rings. The van der Waals surface area contributed by atoms with Crippen LogP contribution in [0.1, 0.15) is 0 Å². The minimum Gasteiger partial charge on any atom is -0.336 e. The molecule has 0 saturated carbocycles. The first-order chi connectivity index (χ1) is 2.89. The molecular formula is C3H6N2NaO. The topological polar surface area (TPSA) is 41.1 Å². The second-order valence-electron chi connectivity index (χ2n) is 1.18. The molecule has 1 heterocycles. The van der Waals surface area contributed by atoms with Gasteiger partial charge in [-0.15, -0.1) is 0 Å². The summed E-state index contributed by atoms with van der Waals surface area (Å²) in [5.41, 5.74) is 0. The summed E-state index contributed by atoms with van der Waals surface area (Å²) >= 11 is 0. The van der Waals surface area contributed by atoms with E-state index >= 15 is 0 Å². The molecule has 7 heavy (non-hydrogen) atoms. The quantitative estimate of drug-likeness (QED) is 0.382. The zero-order valence-electron chi connectivity index (χ0n) is 4.32. The van der Waals surface area contributed by atoms with Crippen LogP contribution in [-0.4, -0.2) is 48.7 Å². The van der Waals surface area contributed by atoms with E-state index in [-0.39, 0.29) is 35.6 Å². The van der Waals surface area contributed by atoms with E-state index in [1.807, 2.05) is 0 Å². The van der Waals surface area contributed by atoms with E-state index in [1.165, 1.54) is 0 Å². The first-order valence-electron chi connectivity index (χ1n) is 1.91. The molecule has 0 aromatic rings. The molecule has 4 heteroatoms. The van der Waals surface area contributed by atoms with Crippen LogP contribution in [0, 0.1) is 0 Å². The fourth-order valence-corrected chi connectivity index (χ4v) is 0.415. The normalized spacial score (nSPS) is 16.9. The molecule has 0 spiro atoms. The third-order valence-corrected chi connectivity index (χ3v) is 0.696. The standard InChI is InChI=1S/C3H6N2O.Na/c6-3-4-1-2-5-3;/h1-2H2,(H2,4,5,6);. The smallest absolute Gasteiger partial charge is 0.314 e. The monoisotopic (exact) mass is 109 g/mol. The molecule has 2 amide bonds. The first-order valence-corrected chi connectivity index (χ1v) is 1.91. The van der Waals surface area contributed by atoms with Gasteiger partial charge in [-0.05, 0) is 0 Å². The zero-order chi connectivity index (χ0) is 4.41. The number of hydrogen-bond acceptors (Lipinski definition) is 1. The van der Waals surface area contributed by atoms with E-state index in [0.717, 1.165) is 13.1 Å². The summed E-state index contributed by atoms with van der Waals surface area (Å²) in [6.07, 6.45) is 0. The molecule has 3 nitrogen and oxygen atoms in total. The van der Waals surface area contributed by atoms with Crippen LogP contribution < -0.4 is 10.6 Å². The number of nitrogens with one attached hydrogen (secondary N) is 2. The molecule has 1 rings (SSSR count). The van der Waals surface area contributed by atoms with Crippen molar-refractivity contribution >= 4 is 35.6 Å². The fourth-order valence-electron chi connectivity index (χ4n) is 0.415. The van der Waals surface area contributed by atoms with Gasteiger partial charge >= 0.3 is 6.03 Å². The summed E-state index contributed by atoms with van der Waals surface area (Å²) in [6.45, 7) is 1.55. The zero-order valence-corrected chi connectivity index (χ0v) is 6.32. The van der Waals surface area contributed by atoms with Gasteiger partial charge in [-0.3, -0.25) is 0 Å². The SMILES string of the molecule is O=C1NCCN1.[Na]. The predicted octanol–water partition coefficient (Wildman–Crippen LogP) is -1.08. The average Bonchev–Trinajstić information content (AvgIpc) is 1.86. The Hall–Kier alpha value is 0.270. The van der Waals surface area contributed by atoms with Crippen molar-refractivity contribution in [1.82, 2.24) is 10.6 Å². The van der Waals surface area contributed by atoms with Crippen LogP contribution in [-0.2, 0) is 0 Å². The summed E-state index contributed by atoms with van der Waals surface area (Å²) in [7, 11) is 0. The Balaban J connectivity index is 0.000000360. The van der Waals surface area contributed by atoms with E-state index in [2.05, 4.69) is 10.6 Å². The molecule has 1 radical (unpaired) electrons. The third-order valence-electron chi connectivity index (χ3n) is 0.696. The van der Waals surface area contributed by atoms with Crippen LogP contribution in [0.5, 0.6) is 0 Å². The van der Waals surface area contributed by atoms with Crippen LogP contribution in [0.15, 0.2) is 0 Å². The van der Waals surface area contributed by atoms with Crippen LogP contribution in [0.25, 0.3) is 0 Å². The van der Waals surface area contributed by atoms with Gasteiger partial charge in [-0.1, -0.05) is 0 Å². The molecule has 0 aliphatic carbocycles. The summed E-state index contributed by atoms with van der Waals surface area (Å²) < 4.78 is 0. The van der Waals surface area contributed by atoms with Gasteiger partial charge in [0.05, 0.1) is 0 Å². The Bertz CT molecular complexity index is 67.3. The van der Waals surface area contributed by atoms with Crippen LogP contribution in [0.3, 0.4) is 0 Å². The Labute approximate surface area is 64.1 Å². The van der Waals surface area contributed by atoms with Gasteiger partial charge in [0.15, 0.2) is 0 Å². The van der Waals surface area contributed by atoms with E-state index in [4.69, 9.17) is 0 Å². The predicted molar refractivity (Wildman–Crippen MR) is 27.2 cm³/mol. The van der Waals surface area contributed by atoms with Crippen molar-refractivity contribution in [2.45, 2.75) is 0 Å². The van der Waals surface area contributed by atoms with Gasteiger partial charge in [-0.2, -0.15) is 0 Å². The number of amides is 2. The number of urea groups is 1. The summed E-state index contributed by atoms with van der Waals surface area (Å²) in [5, 5.41) is 5.14. The maximum atomic E-state index is 10.0. The van der Waals surface area contributed by atoms with Crippen molar-refractivity contribution < 1.29 is 4.79 Å². The first kappa shape index (κ1) is 7.27. The van der Waals surface area contributed by atoms with Gasteiger partial charge in [0.1, 0.15) is 0 Å². The molecule has 0 bridgehead atoms. The van der Waals surface area contributed by atoms with Gasteiger partial charge in [0.25, 0.3) is 0 Å². The van der Waals surface area contributed by atoms with Gasteiger partial charge < -0.3 is 10.6 Å². The van der Waals surface area contributed by atoms with Crippen molar-refractivity contribution in [3.05, 3.63) is 0 Å². The van der Waals surface area contributed by atoms with Gasteiger partial charge in [0, 0.05) is 42.6 Å². The molecule has 1 aliphatic heterocycles. The van der Waals surface area contributed by atoms with Gasteiger partial charge in [0.2, 0.25) is 0 Å². The Kier molecular flexibility index (Phi) is 3.42. The summed E-state index contributed by atoms with van der Waals surface area (Å²) in [5.74, 6) is 0. The third kappa shape index (κ3) is 2.16. The summed E-state index contributed by atoms with van der Waals surface area (Å²) in [4.78, 5) is 10.0. The molecule has 0 aromatic carbocycles. The van der Waals surface area contributed by atoms with Crippen molar-refractivity contribution in [2.75, 3.05) is 13.1 Å².